The lowest BCUT2D eigenvalue weighted by molar-refractivity contribution is -0.115. The average molecular weight is 412 g/mol. The molecule has 6 heteroatoms. The van der Waals surface area contributed by atoms with Crippen LogP contribution in [0.25, 0.3) is 10.2 Å². The number of rotatable bonds is 4. The number of aromatic nitrogens is 2. The lowest BCUT2D eigenvalue weighted by Gasteiger charge is -2.18. The van der Waals surface area contributed by atoms with Crippen molar-refractivity contribution in [1.29, 1.82) is 0 Å². The van der Waals surface area contributed by atoms with Crippen LogP contribution in [0.2, 0.25) is 0 Å². The molecule has 0 saturated carbocycles. The molecule has 2 heterocycles. The van der Waals surface area contributed by atoms with Crippen LogP contribution in [0.1, 0.15) is 41.8 Å². The van der Waals surface area contributed by atoms with Gasteiger partial charge in [0, 0.05) is 16.0 Å². The summed E-state index contributed by atoms with van der Waals surface area (Å²) in [6, 6.07) is 6.11. The second-order valence-electron chi connectivity index (χ2n) is 7.78. The van der Waals surface area contributed by atoms with Crippen LogP contribution >= 0.6 is 23.1 Å². The summed E-state index contributed by atoms with van der Waals surface area (Å²) in [5, 5.41) is 4.94. The van der Waals surface area contributed by atoms with Crippen molar-refractivity contribution in [2.24, 2.45) is 5.92 Å². The lowest BCUT2D eigenvalue weighted by atomic mass is 9.89. The van der Waals surface area contributed by atoms with Gasteiger partial charge in [-0.05, 0) is 68.7 Å². The number of thioether (sulfide) groups is 1. The molecule has 4 nitrogen and oxygen atoms in total. The van der Waals surface area contributed by atoms with Crippen LogP contribution in [0.5, 0.6) is 0 Å². The van der Waals surface area contributed by atoms with Crippen molar-refractivity contribution >= 4 is 44.9 Å². The van der Waals surface area contributed by atoms with Gasteiger partial charge in [0.2, 0.25) is 5.91 Å². The molecule has 1 aliphatic carbocycles. The highest BCUT2D eigenvalue weighted by atomic mass is 32.2. The second kappa shape index (κ2) is 7.84. The first-order valence-electron chi connectivity index (χ1n) is 9.72. The number of aryl methyl sites for hydroxylation is 3. The minimum Gasteiger partial charge on any atom is -0.325 e. The van der Waals surface area contributed by atoms with E-state index < -0.39 is 0 Å². The molecule has 0 aliphatic heterocycles. The maximum atomic E-state index is 12.8. The highest BCUT2D eigenvalue weighted by Crippen LogP contribution is 2.41. The Bertz CT molecular complexity index is 1040. The predicted octanol–water partition coefficient (Wildman–Crippen LogP) is 5.55. The van der Waals surface area contributed by atoms with Gasteiger partial charge in [0.05, 0.1) is 5.25 Å². The minimum absolute atomic E-state index is 0.00295. The largest absolute Gasteiger partial charge is 0.325 e. The van der Waals surface area contributed by atoms with E-state index in [0.29, 0.717) is 0 Å². The molecule has 4 rings (SSSR count). The Labute approximate surface area is 174 Å². The standard InChI is InChI=1S/C22H25N3OS2/c1-12-5-7-14(3)17(9-12)25-20(26)15(4)27-21-19-16-8-6-13(2)10-18(16)28-22(19)24-11-23-21/h5,7,9,11,13,15H,6,8,10H2,1-4H3,(H,25,26)/t13-,15-/m1/s1. The first kappa shape index (κ1) is 19.4. The highest BCUT2D eigenvalue weighted by molar-refractivity contribution is 8.00. The van der Waals surface area contributed by atoms with Crippen LogP contribution < -0.4 is 5.32 Å². The number of anilines is 1. The summed E-state index contributed by atoms with van der Waals surface area (Å²) in [4.78, 5) is 24.4. The summed E-state index contributed by atoms with van der Waals surface area (Å²) in [6.07, 6.45) is 5.05. The van der Waals surface area contributed by atoms with Gasteiger partial charge in [-0.15, -0.1) is 11.3 Å². The van der Waals surface area contributed by atoms with Crippen molar-refractivity contribution < 1.29 is 4.79 Å². The molecule has 2 atom stereocenters. The van der Waals surface area contributed by atoms with E-state index in [1.165, 1.54) is 34.0 Å². The Kier molecular flexibility index (Phi) is 5.43. The first-order chi connectivity index (χ1) is 13.4. The van der Waals surface area contributed by atoms with Crippen LogP contribution in [0.15, 0.2) is 29.6 Å². The normalized spacial score (nSPS) is 17.4. The topological polar surface area (TPSA) is 54.9 Å². The molecule has 0 saturated heterocycles. The van der Waals surface area contributed by atoms with E-state index in [1.54, 1.807) is 17.7 Å². The van der Waals surface area contributed by atoms with E-state index in [-0.39, 0.29) is 11.2 Å². The third-order valence-electron chi connectivity index (χ3n) is 5.37. The van der Waals surface area contributed by atoms with Crippen molar-refractivity contribution in [2.75, 3.05) is 5.32 Å². The van der Waals surface area contributed by atoms with Crippen LogP contribution in [0.3, 0.4) is 0 Å². The third kappa shape index (κ3) is 3.80. The monoisotopic (exact) mass is 411 g/mol. The van der Waals surface area contributed by atoms with Crippen LogP contribution in [0.4, 0.5) is 5.69 Å². The maximum absolute atomic E-state index is 12.8. The molecule has 146 valence electrons. The molecule has 0 bridgehead atoms. The van der Waals surface area contributed by atoms with Crippen LogP contribution in [0, 0.1) is 19.8 Å². The molecular formula is C22H25N3OS2. The van der Waals surface area contributed by atoms with Gasteiger partial charge >= 0.3 is 0 Å². The fraction of sp³-hybridized carbons (Fsp3) is 0.409. The summed E-state index contributed by atoms with van der Waals surface area (Å²) in [6.45, 7) is 8.30. The molecule has 1 amide bonds. The maximum Gasteiger partial charge on any atom is 0.237 e. The van der Waals surface area contributed by atoms with Crippen molar-refractivity contribution in [3.05, 3.63) is 46.1 Å². The number of amides is 1. The number of hydrogen-bond acceptors (Lipinski definition) is 5. The lowest BCUT2D eigenvalue weighted by Crippen LogP contribution is -2.23. The number of nitrogens with zero attached hydrogens (tertiary/aromatic N) is 2. The molecule has 0 radical (unpaired) electrons. The van der Waals surface area contributed by atoms with Crippen molar-refractivity contribution in [1.82, 2.24) is 9.97 Å². The van der Waals surface area contributed by atoms with Crippen LogP contribution in [-0.4, -0.2) is 21.1 Å². The quantitative estimate of drug-likeness (QED) is 0.451. The molecular weight excluding hydrogens is 386 g/mol. The number of carbonyl (C=O) groups is 1. The Morgan fingerprint density at radius 2 is 2.14 bits per heavy atom. The van der Waals surface area contributed by atoms with Crippen molar-refractivity contribution in [3.63, 3.8) is 0 Å². The smallest absolute Gasteiger partial charge is 0.237 e. The van der Waals surface area contributed by atoms with Gasteiger partial charge in [0.15, 0.2) is 0 Å². The predicted molar refractivity (Wildman–Crippen MR) is 118 cm³/mol. The zero-order chi connectivity index (χ0) is 19.8. The van der Waals surface area contributed by atoms with E-state index in [1.807, 2.05) is 32.9 Å². The molecule has 28 heavy (non-hydrogen) atoms. The Balaban J connectivity index is 1.57. The van der Waals surface area contributed by atoms with Crippen molar-refractivity contribution in [2.45, 2.75) is 57.2 Å². The third-order valence-corrected chi connectivity index (χ3v) is 7.63. The number of fused-ring (bicyclic) bond motifs is 3. The van der Waals surface area contributed by atoms with E-state index in [2.05, 4.69) is 28.3 Å². The molecule has 2 aromatic heterocycles. The average Bonchev–Trinajstić information content (AvgIpc) is 3.03. The van der Waals surface area contributed by atoms with Gasteiger partial charge in [-0.3, -0.25) is 4.79 Å². The molecule has 0 fully saturated rings. The summed E-state index contributed by atoms with van der Waals surface area (Å²) in [7, 11) is 0. The molecule has 3 aromatic rings. The number of thiophene rings is 1. The molecule has 1 aliphatic rings. The fourth-order valence-electron chi connectivity index (χ4n) is 3.66. The van der Waals surface area contributed by atoms with Gasteiger partial charge < -0.3 is 5.32 Å². The van der Waals surface area contributed by atoms with Crippen molar-refractivity contribution in [3.8, 4) is 0 Å². The number of nitrogens with one attached hydrogen (secondary N) is 1. The van der Waals surface area contributed by atoms with Crippen LogP contribution in [-0.2, 0) is 17.6 Å². The number of hydrogen-bond donors (Lipinski definition) is 1. The zero-order valence-corrected chi connectivity index (χ0v) is 18.3. The number of carbonyl (C=O) groups excluding carboxylic acids is 1. The Morgan fingerprint density at radius 1 is 1.32 bits per heavy atom. The summed E-state index contributed by atoms with van der Waals surface area (Å²) in [5.74, 6) is 0.732. The van der Waals surface area contributed by atoms with Gasteiger partial charge in [-0.25, -0.2) is 9.97 Å². The Morgan fingerprint density at radius 3 is 2.96 bits per heavy atom. The molecule has 1 aromatic carbocycles. The molecule has 0 unspecified atom stereocenters. The van der Waals surface area contributed by atoms with E-state index in [9.17, 15) is 4.79 Å². The summed E-state index contributed by atoms with van der Waals surface area (Å²) < 4.78 is 0. The van der Waals surface area contributed by atoms with E-state index in [4.69, 9.17) is 0 Å². The molecule has 0 spiro atoms. The second-order valence-corrected chi connectivity index (χ2v) is 10.2. The van der Waals surface area contributed by atoms with E-state index in [0.717, 1.165) is 45.4 Å². The zero-order valence-electron chi connectivity index (χ0n) is 16.7. The molecule has 1 N–H and O–H groups in total. The first-order valence-corrected chi connectivity index (χ1v) is 11.4. The SMILES string of the molecule is Cc1ccc(C)c(NC(=O)[C@@H](C)Sc2ncnc3sc4c(c23)CC[C@@H](C)C4)c1. The summed E-state index contributed by atoms with van der Waals surface area (Å²) in [5.41, 5.74) is 4.50. The minimum atomic E-state index is -0.240. The fourth-order valence-corrected chi connectivity index (χ4v) is 6.02. The van der Waals surface area contributed by atoms with Gasteiger partial charge in [-0.1, -0.05) is 30.8 Å². The highest BCUT2D eigenvalue weighted by Gasteiger charge is 2.25. The summed E-state index contributed by atoms with van der Waals surface area (Å²) >= 11 is 3.33. The van der Waals surface area contributed by atoms with Gasteiger partial charge in [0.25, 0.3) is 0 Å². The van der Waals surface area contributed by atoms with E-state index >= 15 is 0 Å². The Hall–Kier alpha value is -1.92. The number of benzene rings is 1. The van der Waals surface area contributed by atoms with Gasteiger partial charge in [-0.2, -0.15) is 0 Å². The van der Waals surface area contributed by atoms with Gasteiger partial charge in [0.1, 0.15) is 16.2 Å².